The molecular formula is C14H9ClF3NO2. The Hall–Kier alpha value is -1.80. The van der Waals surface area contributed by atoms with Crippen LogP contribution in [0.25, 0.3) is 0 Å². The molecule has 0 spiro atoms. The molecule has 110 valence electrons. The van der Waals surface area contributed by atoms with Crippen LogP contribution < -0.4 is 0 Å². The van der Waals surface area contributed by atoms with Gasteiger partial charge in [-0.2, -0.15) is 18.2 Å². The number of benzene rings is 1. The maximum Gasteiger partial charge on any atom is 0.433 e. The molecule has 1 fully saturated rings. The molecule has 0 radical (unpaired) electrons. The monoisotopic (exact) mass is 315 g/mol. The first kappa shape index (κ1) is 15.6. The second kappa shape index (κ2) is 5.53. The number of hydrogen-bond donors (Lipinski definition) is 1. The Morgan fingerprint density at radius 3 is 2.52 bits per heavy atom. The van der Waals surface area contributed by atoms with E-state index in [1.54, 1.807) is 0 Å². The molecule has 3 nitrogen and oxygen atoms in total. The summed E-state index contributed by atoms with van der Waals surface area (Å²) < 4.78 is 39.8. The Morgan fingerprint density at radius 1 is 1.33 bits per heavy atom. The van der Waals surface area contributed by atoms with E-state index in [1.165, 1.54) is 6.07 Å². The van der Waals surface area contributed by atoms with E-state index in [9.17, 15) is 23.1 Å². The van der Waals surface area contributed by atoms with Crippen molar-refractivity contribution in [2.75, 3.05) is 0 Å². The molecule has 0 heterocycles. The zero-order chi connectivity index (χ0) is 15.7. The normalized spacial score (nSPS) is 17.2. The summed E-state index contributed by atoms with van der Waals surface area (Å²) in [5.74, 6) is 4.12. The molecule has 1 N–H and O–H groups in total. The zero-order valence-corrected chi connectivity index (χ0v) is 11.3. The number of hydrogen-bond acceptors (Lipinski definition) is 3. The lowest BCUT2D eigenvalue weighted by molar-refractivity contribution is -0.240. The van der Waals surface area contributed by atoms with Gasteiger partial charge in [-0.15, -0.1) is 0 Å². The van der Waals surface area contributed by atoms with Crippen molar-refractivity contribution >= 4 is 23.4 Å². The lowest BCUT2D eigenvalue weighted by atomic mass is 9.92. The molecule has 7 heteroatoms. The van der Waals surface area contributed by atoms with Crippen LogP contribution in [0.5, 0.6) is 0 Å². The van der Waals surface area contributed by atoms with Gasteiger partial charge in [0.15, 0.2) is 0 Å². The van der Waals surface area contributed by atoms with Crippen molar-refractivity contribution in [1.82, 2.24) is 0 Å². The molecule has 1 aromatic carbocycles. The number of aliphatic imine (C=N–C) groups is 1. The van der Waals surface area contributed by atoms with Crippen LogP contribution in [0.4, 0.5) is 18.9 Å². The Bertz CT molecular complexity index is 667. The zero-order valence-electron chi connectivity index (χ0n) is 10.5. The van der Waals surface area contributed by atoms with Crippen LogP contribution >= 0.6 is 11.6 Å². The highest BCUT2D eigenvalue weighted by molar-refractivity contribution is 6.30. The first-order valence-corrected chi connectivity index (χ1v) is 6.35. The highest BCUT2D eigenvalue weighted by Gasteiger charge is 2.55. The second-order valence-electron chi connectivity index (χ2n) is 4.62. The van der Waals surface area contributed by atoms with Gasteiger partial charge in [-0.25, -0.2) is 4.79 Å². The minimum Gasteiger partial charge on any atom is -0.366 e. The maximum atomic E-state index is 13.3. The van der Waals surface area contributed by atoms with E-state index in [0.717, 1.165) is 18.2 Å². The first-order valence-electron chi connectivity index (χ1n) is 5.97. The minimum atomic E-state index is -5.06. The van der Waals surface area contributed by atoms with Crippen molar-refractivity contribution in [3.8, 4) is 11.8 Å². The van der Waals surface area contributed by atoms with E-state index in [0.29, 0.717) is 12.8 Å². The number of isocyanates is 1. The highest BCUT2D eigenvalue weighted by Crippen LogP contribution is 2.43. The summed E-state index contributed by atoms with van der Waals surface area (Å²) in [5, 5.41) is 10.0. The van der Waals surface area contributed by atoms with Crippen LogP contribution in [0, 0.1) is 17.8 Å². The lowest BCUT2D eigenvalue weighted by Crippen LogP contribution is -2.41. The van der Waals surface area contributed by atoms with Crippen molar-refractivity contribution in [2.24, 2.45) is 10.9 Å². The number of halogens is 4. The van der Waals surface area contributed by atoms with E-state index in [-0.39, 0.29) is 16.6 Å². The number of carbonyl (C=O) groups excluding carboxylic acids is 1. The van der Waals surface area contributed by atoms with Crippen molar-refractivity contribution < 1.29 is 23.1 Å². The van der Waals surface area contributed by atoms with Gasteiger partial charge in [0.25, 0.3) is 0 Å². The fourth-order valence-corrected chi connectivity index (χ4v) is 1.84. The molecule has 0 saturated heterocycles. The first-order chi connectivity index (χ1) is 9.78. The number of nitrogens with zero attached hydrogens (tertiary/aromatic N) is 1. The largest absolute Gasteiger partial charge is 0.433 e. The molecule has 21 heavy (non-hydrogen) atoms. The molecule has 1 aliphatic carbocycles. The molecule has 1 atom stereocenters. The lowest BCUT2D eigenvalue weighted by Gasteiger charge is -2.26. The predicted octanol–water partition coefficient (Wildman–Crippen LogP) is 3.47. The Morgan fingerprint density at radius 2 is 2.00 bits per heavy atom. The van der Waals surface area contributed by atoms with Gasteiger partial charge in [0.05, 0.1) is 5.69 Å². The summed E-state index contributed by atoms with van der Waals surface area (Å²) in [6.07, 6.45) is -2.50. The van der Waals surface area contributed by atoms with E-state index in [1.807, 2.05) is 5.92 Å². The average Bonchev–Trinajstić information content (AvgIpc) is 3.21. The van der Waals surface area contributed by atoms with Crippen LogP contribution in [0.2, 0.25) is 5.02 Å². The summed E-state index contributed by atoms with van der Waals surface area (Å²) in [4.78, 5) is 13.5. The van der Waals surface area contributed by atoms with E-state index >= 15 is 0 Å². The Labute approximate surface area is 123 Å². The Balaban J connectivity index is 2.64. The van der Waals surface area contributed by atoms with Crippen molar-refractivity contribution in [1.29, 1.82) is 0 Å². The Kier molecular flexibility index (Phi) is 4.11. The van der Waals surface area contributed by atoms with Crippen molar-refractivity contribution in [2.45, 2.75) is 24.6 Å². The highest BCUT2D eigenvalue weighted by atomic mass is 35.5. The number of rotatable bonds is 2. The van der Waals surface area contributed by atoms with Crippen LogP contribution in [0.15, 0.2) is 23.2 Å². The van der Waals surface area contributed by atoms with Gasteiger partial charge in [0.2, 0.25) is 11.7 Å². The van der Waals surface area contributed by atoms with Gasteiger partial charge in [-0.1, -0.05) is 23.4 Å². The maximum absolute atomic E-state index is 13.3. The van der Waals surface area contributed by atoms with Crippen LogP contribution in [0.1, 0.15) is 18.4 Å². The fourth-order valence-electron chi connectivity index (χ4n) is 1.67. The van der Waals surface area contributed by atoms with Crippen LogP contribution in [-0.2, 0) is 10.4 Å². The van der Waals surface area contributed by atoms with Crippen molar-refractivity contribution in [3.05, 3.63) is 28.8 Å². The smallest absolute Gasteiger partial charge is 0.366 e. The van der Waals surface area contributed by atoms with Crippen molar-refractivity contribution in [3.63, 3.8) is 0 Å². The minimum absolute atomic E-state index is 0.0363. The van der Waals surface area contributed by atoms with E-state index in [4.69, 9.17) is 11.6 Å². The summed E-state index contributed by atoms with van der Waals surface area (Å²) in [6, 6.07) is 3.25. The standard InChI is InChI=1S/C14H9ClF3NO2/c15-10-3-4-12(19-8-20)11(7-10)13(21,14(16,17)18)6-5-9-1-2-9/h3-4,7,9,21H,1-2H2. The van der Waals surface area contributed by atoms with Gasteiger partial charge >= 0.3 is 6.18 Å². The molecule has 0 bridgehead atoms. The van der Waals surface area contributed by atoms with Gasteiger partial charge in [-0.05, 0) is 31.0 Å². The SMILES string of the molecule is O=C=Nc1ccc(Cl)cc1C(O)(C#CC1CC1)C(F)(F)F. The fraction of sp³-hybridized carbons (Fsp3) is 0.357. The molecule has 2 rings (SSSR count). The number of aliphatic hydroxyl groups is 1. The average molecular weight is 316 g/mol. The molecular weight excluding hydrogens is 307 g/mol. The molecule has 0 amide bonds. The summed E-state index contributed by atoms with van der Waals surface area (Å²) in [5.41, 5.74) is -4.49. The second-order valence-corrected chi connectivity index (χ2v) is 5.05. The van der Waals surface area contributed by atoms with Crippen LogP contribution in [0.3, 0.4) is 0 Å². The molecule has 1 saturated carbocycles. The molecule has 1 aliphatic rings. The molecule has 1 unspecified atom stereocenters. The quantitative estimate of drug-likeness (QED) is 0.516. The number of alkyl halides is 3. The third kappa shape index (κ3) is 3.27. The third-order valence-corrected chi connectivity index (χ3v) is 3.19. The molecule has 0 aromatic heterocycles. The molecule has 1 aromatic rings. The van der Waals surface area contributed by atoms with Crippen LogP contribution in [-0.4, -0.2) is 17.4 Å². The predicted molar refractivity (Wildman–Crippen MR) is 69.7 cm³/mol. The summed E-state index contributed by atoms with van der Waals surface area (Å²) >= 11 is 5.68. The molecule has 0 aliphatic heterocycles. The topological polar surface area (TPSA) is 49.7 Å². The van der Waals surface area contributed by atoms with Gasteiger partial charge in [0, 0.05) is 16.5 Å². The summed E-state index contributed by atoms with van der Waals surface area (Å²) in [7, 11) is 0. The van der Waals surface area contributed by atoms with Gasteiger partial charge < -0.3 is 5.11 Å². The van der Waals surface area contributed by atoms with E-state index in [2.05, 4.69) is 10.9 Å². The summed E-state index contributed by atoms with van der Waals surface area (Å²) in [6.45, 7) is 0. The third-order valence-electron chi connectivity index (χ3n) is 2.96. The van der Waals surface area contributed by atoms with Gasteiger partial charge in [-0.3, -0.25) is 0 Å². The van der Waals surface area contributed by atoms with E-state index < -0.39 is 17.3 Å². The van der Waals surface area contributed by atoms with Gasteiger partial charge in [0.1, 0.15) is 0 Å².